The number of aliphatic hydroxyl groups is 1. The molecular weight excluding hydrogens is 480 g/mol. The molecule has 1 unspecified atom stereocenters. The summed E-state index contributed by atoms with van der Waals surface area (Å²) in [5, 5.41) is 16.8. The van der Waals surface area contributed by atoms with E-state index in [1.165, 1.54) is 31.2 Å². The third-order valence-electron chi connectivity index (χ3n) is 6.40. The van der Waals surface area contributed by atoms with Crippen LogP contribution in [0.25, 0.3) is 10.8 Å². The van der Waals surface area contributed by atoms with E-state index in [-0.39, 0.29) is 45.6 Å². The fourth-order valence-electron chi connectivity index (χ4n) is 4.41. The van der Waals surface area contributed by atoms with Crippen molar-refractivity contribution in [1.29, 1.82) is 0 Å². The van der Waals surface area contributed by atoms with Crippen LogP contribution in [0.4, 0.5) is 23.2 Å². The van der Waals surface area contributed by atoms with Crippen molar-refractivity contribution in [3.8, 4) is 0 Å². The minimum atomic E-state index is -5.32. The highest BCUT2D eigenvalue weighted by Crippen LogP contribution is 2.53. The Labute approximate surface area is 195 Å². The molecular formula is C23H19ClF4N2O4. The predicted octanol–water partition coefficient (Wildman–Crippen LogP) is 5.03. The Kier molecular flexibility index (Phi) is 5.93. The van der Waals surface area contributed by atoms with Crippen LogP contribution in [0, 0.1) is 12.7 Å². The molecule has 3 aromatic rings. The number of nitrogens with one attached hydrogen (secondary N) is 1. The number of amides is 1. The highest BCUT2D eigenvalue weighted by atomic mass is 35.5. The zero-order valence-corrected chi connectivity index (χ0v) is 18.6. The summed E-state index contributed by atoms with van der Waals surface area (Å²) in [6.07, 6.45) is -5.27. The Morgan fingerprint density at radius 2 is 1.91 bits per heavy atom. The van der Waals surface area contributed by atoms with Crippen LogP contribution in [0.1, 0.15) is 36.9 Å². The van der Waals surface area contributed by atoms with Gasteiger partial charge in [-0.1, -0.05) is 29.2 Å². The van der Waals surface area contributed by atoms with Gasteiger partial charge in [-0.05, 0) is 55.7 Å². The zero-order chi connectivity index (χ0) is 24.9. The number of carbonyl (C=O) groups excluding carboxylic acids is 1. The molecule has 34 heavy (non-hydrogen) atoms. The molecule has 180 valence electrons. The van der Waals surface area contributed by atoms with Gasteiger partial charge in [0.15, 0.2) is 0 Å². The molecule has 11 heteroatoms. The largest absolute Gasteiger partial charge is 0.426 e. The van der Waals surface area contributed by atoms with Gasteiger partial charge in [-0.15, -0.1) is 0 Å². The van der Waals surface area contributed by atoms with Gasteiger partial charge in [0.2, 0.25) is 5.60 Å². The molecule has 1 aliphatic carbocycles. The second kappa shape index (κ2) is 8.35. The minimum absolute atomic E-state index is 0.0685. The van der Waals surface area contributed by atoms with Gasteiger partial charge in [0, 0.05) is 27.9 Å². The van der Waals surface area contributed by atoms with Crippen molar-refractivity contribution < 1.29 is 32.0 Å². The van der Waals surface area contributed by atoms with Crippen LogP contribution in [-0.2, 0) is 10.2 Å². The first-order valence-corrected chi connectivity index (χ1v) is 10.7. The topological polar surface area (TPSA) is 92.4 Å². The lowest BCUT2D eigenvalue weighted by molar-refractivity contribution is -0.257. The van der Waals surface area contributed by atoms with Crippen LogP contribution in [0.5, 0.6) is 0 Å². The van der Waals surface area contributed by atoms with Crippen molar-refractivity contribution in [2.75, 3.05) is 5.32 Å². The molecule has 1 aliphatic rings. The first-order chi connectivity index (χ1) is 15.9. The molecule has 1 saturated carbocycles. The number of fused-ring (bicyclic) bond motifs is 1. The molecule has 4 rings (SSSR count). The molecule has 1 fully saturated rings. The van der Waals surface area contributed by atoms with Gasteiger partial charge >= 0.3 is 11.8 Å². The minimum Gasteiger partial charge on any atom is -0.373 e. The summed E-state index contributed by atoms with van der Waals surface area (Å²) >= 11 is 6.12. The summed E-state index contributed by atoms with van der Waals surface area (Å²) in [5.74, 6) is -2.33. The van der Waals surface area contributed by atoms with Gasteiger partial charge in [0.25, 0.3) is 5.91 Å². The molecule has 2 N–H and O–H groups in total. The smallest absolute Gasteiger partial charge is 0.373 e. The molecule has 6 nitrogen and oxygen atoms in total. The van der Waals surface area contributed by atoms with Crippen molar-refractivity contribution >= 4 is 34.0 Å². The van der Waals surface area contributed by atoms with E-state index in [0.717, 1.165) is 12.1 Å². The van der Waals surface area contributed by atoms with Gasteiger partial charge in [-0.25, -0.2) is 9.18 Å². The lowest BCUT2D eigenvalue weighted by atomic mass is 9.59. The van der Waals surface area contributed by atoms with Gasteiger partial charge in [-0.3, -0.25) is 4.79 Å². The number of halogens is 5. The van der Waals surface area contributed by atoms with Crippen LogP contribution >= 0.6 is 11.6 Å². The van der Waals surface area contributed by atoms with E-state index in [0.29, 0.717) is 6.42 Å². The number of aromatic nitrogens is 1. The van der Waals surface area contributed by atoms with E-state index in [4.69, 9.17) is 11.6 Å². The van der Waals surface area contributed by atoms with Crippen molar-refractivity contribution in [3.05, 3.63) is 68.9 Å². The summed E-state index contributed by atoms with van der Waals surface area (Å²) in [4.78, 5) is 24.7. The average molecular weight is 499 g/mol. The SMILES string of the molecule is Cc1noc(=O)c2ccc(NC(=O)C(O)(CC3(c4ccc(F)cc4Cl)CCC3)C(F)(F)F)cc12. The van der Waals surface area contributed by atoms with Crippen LogP contribution in [0.3, 0.4) is 0 Å². The third-order valence-corrected chi connectivity index (χ3v) is 6.72. The number of hydrogen-bond acceptors (Lipinski definition) is 5. The zero-order valence-electron chi connectivity index (χ0n) is 17.8. The van der Waals surface area contributed by atoms with Crippen LogP contribution in [-0.4, -0.2) is 27.9 Å². The maximum atomic E-state index is 14.1. The lowest BCUT2D eigenvalue weighted by Gasteiger charge is -2.47. The highest BCUT2D eigenvalue weighted by Gasteiger charge is 2.63. The van der Waals surface area contributed by atoms with E-state index < -0.39 is 41.0 Å². The van der Waals surface area contributed by atoms with Gasteiger partial charge in [-0.2, -0.15) is 13.2 Å². The van der Waals surface area contributed by atoms with Crippen molar-refractivity contribution in [1.82, 2.24) is 5.16 Å². The van der Waals surface area contributed by atoms with Crippen LogP contribution in [0.15, 0.2) is 45.7 Å². The Morgan fingerprint density at radius 3 is 2.50 bits per heavy atom. The molecule has 0 bridgehead atoms. The maximum absolute atomic E-state index is 14.1. The van der Waals surface area contributed by atoms with E-state index in [2.05, 4.69) is 15.0 Å². The third kappa shape index (κ3) is 4.05. The second-order valence-electron chi connectivity index (χ2n) is 8.56. The number of carbonyl (C=O) groups is 1. The lowest BCUT2D eigenvalue weighted by Crippen LogP contribution is -2.59. The molecule has 0 spiro atoms. The molecule has 2 aromatic carbocycles. The van der Waals surface area contributed by atoms with E-state index in [9.17, 15) is 32.3 Å². The van der Waals surface area contributed by atoms with Crippen LogP contribution in [0.2, 0.25) is 5.02 Å². The Balaban J connectivity index is 1.70. The van der Waals surface area contributed by atoms with Crippen molar-refractivity contribution in [2.45, 2.75) is 49.8 Å². The normalized spacial score (nSPS) is 17.1. The van der Waals surface area contributed by atoms with Crippen LogP contribution < -0.4 is 10.9 Å². The average Bonchev–Trinajstić information content (AvgIpc) is 2.73. The fourth-order valence-corrected chi connectivity index (χ4v) is 4.77. The number of aryl methyl sites for hydroxylation is 1. The summed E-state index contributed by atoms with van der Waals surface area (Å²) in [6, 6.07) is 7.14. The predicted molar refractivity (Wildman–Crippen MR) is 116 cm³/mol. The Hall–Kier alpha value is -2.98. The number of hydrogen-bond donors (Lipinski definition) is 2. The standard InChI is InChI=1S/C23H19ClF4N2O4/c1-12-16-10-14(4-5-15(16)19(31)34-30-12)29-20(32)22(33,23(26,27)28)11-21(7-2-8-21)17-6-3-13(25)9-18(17)24/h3-6,9-10,33H,2,7-8,11H2,1H3,(H,29,32). The number of rotatable bonds is 5. The number of anilines is 1. The van der Waals surface area contributed by atoms with Gasteiger partial charge in [0.1, 0.15) is 5.82 Å². The van der Waals surface area contributed by atoms with E-state index in [1.807, 2.05) is 0 Å². The van der Waals surface area contributed by atoms with E-state index in [1.54, 1.807) is 0 Å². The molecule has 1 heterocycles. The van der Waals surface area contributed by atoms with Gasteiger partial charge in [0.05, 0.1) is 11.1 Å². The summed E-state index contributed by atoms with van der Waals surface area (Å²) in [7, 11) is 0. The first kappa shape index (κ1) is 24.2. The van der Waals surface area contributed by atoms with Crippen molar-refractivity contribution in [3.63, 3.8) is 0 Å². The van der Waals surface area contributed by atoms with Gasteiger partial charge < -0.3 is 14.9 Å². The molecule has 1 amide bonds. The maximum Gasteiger partial charge on any atom is 0.426 e. The van der Waals surface area contributed by atoms with E-state index >= 15 is 0 Å². The summed E-state index contributed by atoms with van der Waals surface area (Å²) in [5.41, 5.74) is -5.29. The highest BCUT2D eigenvalue weighted by molar-refractivity contribution is 6.31. The second-order valence-corrected chi connectivity index (χ2v) is 8.97. The summed E-state index contributed by atoms with van der Waals surface area (Å²) < 4.78 is 60.5. The molecule has 0 aliphatic heterocycles. The summed E-state index contributed by atoms with van der Waals surface area (Å²) in [6.45, 7) is 1.52. The molecule has 1 aromatic heterocycles. The van der Waals surface area contributed by atoms with Crippen molar-refractivity contribution in [2.24, 2.45) is 0 Å². The molecule has 0 radical (unpaired) electrons. The molecule has 0 saturated heterocycles. The number of nitrogens with zero attached hydrogens (tertiary/aromatic N) is 1. The number of alkyl halides is 3. The Bertz CT molecular complexity index is 1340. The first-order valence-electron chi connectivity index (χ1n) is 10.3. The quantitative estimate of drug-likeness (QED) is 0.481. The number of benzene rings is 2. The monoisotopic (exact) mass is 498 g/mol. The Morgan fingerprint density at radius 1 is 1.21 bits per heavy atom. The molecule has 1 atom stereocenters. The fraction of sp³-hybridized carbons (Fsp3) is 0.348.